The Labute approximate surface area is 118 Å². The van der Waals surface area contributed by atoms with Crippen LogP contribution in [0.2, 0.25) is 10.0 Å². The van der Waals surface area contributed by atoms with Gasteiger partial charge in [0, 0.05) is 14.7 Å². The maximum Gasteiger partial charge on any atom is 0.0907 e. The molecular formula is C12H10Cl2IN. The van der Waals surface area contributed by atoms with Crippen molar-refractivity contribution in [3.05, 3.63) is 37.5 Å². The van der Waals surface area contributed by atoms with Crippen LogP contribution in [0.4, 0.5) is 0 Å². The molecule has 1 aromatic heterocycles. The van der Waals surface area contributed by atoms with E-state index in [1.54, 1.807) is 0 Å². The molecule has 0 saturated carbocycles. The van der Waals surface area contributed by atoms with E-state index in [1.807, 2.05) is 18.2 Å². The van der Waals surface area contributed by atoms with Gasteiger partial charge in [-0.2, -0.15) is 0 Å². The zero-order valence-electron chi connectivity index (χ0n) is 8.89. The molecule has 0 bridgehead atoms. The molecule has 0 aliphatic carbocycles. The Hall–Kier alpha value is -0.0600. The van der Waals surface area contributed by atoms with Gasteiger partial charge in [0.25, 0.3) is 0 Å². The maximum atomic E-state index is 6.25. The lowest BCUT2D eigenvalue weighted by molar-refractivity contribution is 0.830. The quantitative estimate of drug-likeness (QED) is 0.627. The summed E-state index contributed by atoms with van der Waals surface area (Å²) in [6.07, 6.45) is 0. The van der Waals surface area contributed by atoms with E-state index in [4.69, 9.17) is 23.2 Å². The lowest BCUT2D eigenvalue weighted by atomic mass is 10.1. The molecule has 0 N–H and O–H groups in total. The molecule has 0 radical (unpaired) electrons. The number of rotatable bonds is 1. The largest absolute Gasteiger partial charge is 0.251 e. The lowest BCUT2D eigenvalue weighted by Crippen LogP contribution is -1.94. The first-order valence-electron chi connectivity index (χ1n) is 4.94. The van der Waals surface area contributed by atoms with Crippen LogP contribution in [-0.2, 0) is 0 Å². The van der Waals surface area contributed by atoms with E-state index in [0.717, 1.165) is 20.2 Å². The zero-order chi connectivity index (χ0) is 11.9. The van der Waals surface area contributed by atoms with Crippen LogP contribution in [-0.4, -0.2) is 4.98 Å². The monoisotopic (exact) mass is 365 g/mol. The molecule has 0 spiro atoms. The Morgan fingerprint density at radius 1 is 1.12 bits per heavy atom. The summed E-state index contributed by atoms with van der Waals surface area (Å²) in [5, 5.41) is 2.29. The highest BCUT2D eigenvalue weighted by Crippen LogP contribution is 2.31. The van der Waals surface area contributed by atoms with Crippen LogP contribution >= 0.6 is 45.8 Å². The van der Waals surface area contributed by atoms with Crippen LogP contribution in [0.1, 0.15) is 25.5 Å². The second kappa shape index (κ2) is 4.67. The SMILES string of the molecule is CC(C)c1cc(Cl)c2cc(I)cc(Cl)c2n1. The molecule has 2 aromatic rings. The number of benzene rings is 1. The second-order valence-corrected chi connectivity index (χ2v) is 6.03. The Morgan fingerprint density at radius 3 is 2.44 bits per heavy atom. The fourth-order valence-corrected chi connectivity index (χ4v) is 2.85. The Bertz CT molecular complexity index is 552. The van der Waals surface area contributed by atoms with Crippen LogP contribution in [0.15, 0.2) is 18.2 Å². The first kappa shape index (κ1) is 12.4. The summed E-state index contributed by atoms with van der Waals surface area (Å²) < 4.78 is 1.07. The van der Waals surface area contributed by atoms with Crippen LogP contribution in [0.5, 0.6) is 0 Å². The topological polar surface area (TPSA) is 12.9 Å². The van der Waals surface area contributed by atoms with Crippen molar-refractivity contribution in [1.29, 1.82) is 0 Å². The molecule has 2 rings (SSSR count). The molecular weight excluding hydrogens is 356 g/mol. The molecule has 0 fully saturated rings. The van der Waals surface area contributed by atoms with Crippen LogP contribution in [0.25, 0.3) is 10.9 Å². The minimum Gasteiger partial charge on any atom is -0.251 e. The highest BCUT2D eigenvalue weighted by molar-refractivity contribution is 14.1. The van der Waals surface area contributed by atoms with Gasteiger partial charge in [-0.25, -0.2) is 0 Å². The van der Waals surface area contributed by atoms with Crippen LogP contribution in [0.3, 0.4) is 0 Å². The number of fused-ring (bicyclic) bond motifs is 1. The van der Waals surface area contributed by atoms with E-state index >= 15 is 0 Å². The Kier molecular flexibility index (Phi) is 3.62. The number of hydrogen-bond donors (Lipinski definition) is 0. The van der Waals surface area contributed by atoms with Crippen LogP contribution < -0.4 is 0 Å². The molecule has 1 nitrogen and oxygen atoms in total. The number of halogens is 3. The predicted molar refractivity (Wildman–Crippen MR) is 78.6 cm³/mol. The molecule has 0 saturated heterocycles. The van der Waals surface area contributed by atoms with E-state index in [1.165, 1.54) is 0 Å². The van der Waals surface area contributed by atoms with Gasteiger partial charge in [0.2, 0.25) is 0 Å². The van der Waals surface area contributed by atoms with Gasteiger partial charge in [0.15, 0.2) is 0 Å². The Balaban J connectivity index is 2.82. The summed E-state index contributed by atoms with van der Waals surface area (Å²) in [4.78, 5) is 4.56. The average molecular weight is 366 g/mol. The third kappa shape index (κ3) is 2.29. The number of nitrogens with zero attached hydrogens (tertiary/aromatic N) is 1. The predicted octanol–water partition coefficient (Wildman–Crippen LogP) is 5.27. The Morgan fingerprint density at radius 2 is 1.81 bits per heavy atom. The number of aromatic nitrogens is 1. The van der Waals surface area contributed by atoms with E-state index in [-0.39, 0.29) is 0 Å². The third-order valence-corrected chi connectivity index (χ3v) is 3.62. The molecule has 4 heteroatoms. The minimum atomic E-state index is 0.345. The van der Waals surface area contributed by atoms with Gasteiger partial charge >= 0.3 is 0 Å². The maximum absolute atomic E-state index is 6.25. The van der Waals surface area contributed by atoms with E-state index in [0.29, 0.717) is 16.0 Å². The van der Waals surface area contributed by atoms with Gasteiger partial charge in [0.1, 0.15) is 0 Å². The van der Waals surface area contributed by atoms with Gasteiger partial charge in [-0.05, 0) is 46.7 Å². The standard InChI is InChI=1S/C12H10Cl2IN/c1-6(2)11-5-9(13)8-3-7(15)4-10(14)12(8)16-11/h3-6H,1-2H3. The number of hydrogen-bond acceptors (Lipinski definition) is 1. The first-order chi connectivity index (χ1) is 7.49. The second-order valence-electron chi connectivity index (χ2n) is 3.97. The van der Waals surface area contributed by atoms with Crippen molar-refractivity contribution in [1.82, 2.24) is 4.98 Å². The van der Waals surface area contributed by atoms with Crippen molar-refractivity contribution in [3.63, 3.8) is 0 Å². The summed E-state index contributed by atoms with van der Waals surface area (Å²) >= 11 is 14.7. The third-order valence-electron chi connectivity index (χ3n) is 2.39. The van der Waals surface area contributed by atoms with Crippen molar-refractivity contribution in [2.24, 2.45) is 0 Å². The first-order valence-corrected chi connectivity index (χ1v) is 6.77. The summed E-state index contributed by atoms with van der Waals surface area (Å²) in [5.41, 5.74) is 1.76. The minimum absolute atomic E-state index is 0.345. The van der Waals surface area contributed by atoms with Crippen molar-refractivity contribution < 1.29 is 0 Å². The summed E-state index contributed by atoms with van der Waals surface area (Å²) in [6.45, 7) is 4.18. The molecule has 0 amide bonds. The average Bonchev–Trinajstić information content (AvgIpc) is 2.19. The molecule has 0 atom stereocenters. The highest BCUT2D eigenvalue weighted by Gasteiger charge is 2.10. The summed E-state index contributed by atoms with van der Waals surface area (Å²) in [5.74, 6) is 0.345. The highest BCUT2D eigenvalue weighted by atomic mass is 127. The van der Waals surface area contributed by atoms with E-state index < -0.39 is 0 Å². The van der Waals surface area contributed by atoms with Gasteiger partial charge in [-0.15, -0.1) is 0 Å². The van der Waals surface area contributed by atoms with Crippen molar-refractivity contribution >= 4 is 56.7 Å². The molecule has 1 aromatic carbocycles. The molecule has 84 valence electrons. The van der Waals surface area contributed by atoms with Crippen molar-refractivity contribution in [3.8, 4) is 0 Å². The van der Waals surface area contributed by atoms with Gasteiger partial charge < -0.3 is 0 Å². The van der Waals surface area contributed by atoms with Gasteiger partial charge in [0.05, 0.1) is 15.6 Å². The van der Waals surface area contributed by atoms with E-state index in [9.17, 15) is 0 Å². The number of pyridine rings is 1. The fraction of sp³-hybridized carbons (Fsp3) is 0.250. The van der Waals surface area contributed by atoms with Crippen molar-refractivity contribution in [2.75, 3.05) is 0 Å². The summed E-state index contributed by atoms with van der Waals surface area (Å²) in [7, 11) is 0. The van der Waals surface area contributed by atoms with Crippen LogP contribution in [0, 0.1) is 3.57 Å². The molecule has 0 aliphatic heterocycles. The van der Waals surface area contributed by atoms with Gasteiger partial charge in [-0.3, -0.25) is 4.98 Å². The fourth-order valence-electron chi connectivity index (χ4n) is 1.53. The van der Waals surface area contributed by atoms with E-state index in [2.05, 4.69) is 41.4 Å². The zero-order valence-corrected chi connectivity index (χ0v) is 12.6. The lowest BCUT2D eigenvalue weighted by Gasteiger charge is -2.09. The molecule has 0 aliphatic rings. The summed E-state index contributed by atoms with van der Waals surface area (Å²) in [6, 6.07) is 5.82. The smallest absolute Gasteiger partial charge is 0.0907 e. The van der Waals surface area contributed by atoms with Crippen molar-refractivity contribution in [2.45, 2.75) is 19.8 Å². The molecule has 16 heavy (non-hydrogen) atoms. The molecule has 0 unspecified atom stereocenters. The van der Waals surface area contributed by atoms with Gasteiger partial charge in [-0.1, -0.05) is 37.0 Å². The normalized spacial score (nSPS) is 11.4. The molecule has 1 heterocycles.